The summed E-state index contributed by atoms with van der Waals surface area (Å²) in [4.78, 5) is 7.01. The quantitative estimate of drug-likeness (QED) is 0.473. The number of halogens is 3. The first kappa shape index (κ1) is 15.1. The van der Waals surface area contributed by atoms with Crippen molar-refractivity contribution in [1.29, 1.82) is 0 Å². The van der Waals surface area contributed by atoms with Gasteiger partial charge in [0.05, 0.1) is 0 Å². The topological polar surface area (TPSA) is 44.2 Å². The highest BCUT2D eigenvalue weighted by molar-refractivity contribution is 8.10. The maximum atomic E-state index is 13.0. The van der Waals surface area contributed by atoms with Crippen LogP contribution >= 0.6 is 18.1 Å². The normalized spacial score (nSPS) is 11.2. The zero-order chi connectivity index (χ0) is 14.6. The Balaban J connectivity index is 2.19. The van der Waals surface area contributed by atoms with E-state index in [9.17, 15) is 8.78 Å². The van der Waals surface area contributed by atoms with Gasteiger partial charge in [-0.3, -0.25) is 0 Å². The highest BCUT2D eigenvalue weighted by atomic mass is 35.5. The highest BCUT2D eigenvalue weighted by Crippen LogP contribution is 2.48. The molecule has 0 saturated heterocycles. The molecule has 2 rings (SSSR count). The van der Waals surface area contributed by atoms with E-state index >= 15 is 0 Å². The zero-order valence-electron chi connectivity index (χ0n) is 9.87. The molecule has 0 aliphatic carbocycles. The van der Waals surface area contributed by atoms with Gasteiger partial charge in [-0.2, -0.15) is 18.7 Å². The SMILES string of the molecule is Fc1cccc(OP(=S)(CCl)Oc2cccc(F)n2)n1. The van der Waals surface area contributed by atoms with E-state index in [1.807, 2.05) is 0 Å². The van der Waals surface area contributed by atoms with Gasteiger partial charge in [0.2, 0.25) is 23.7 Å². The van der Waals surface area contributed by atoms with Crippen LogP contribution in [-0.4, -0.2) is 15.6 Å². The standard InChI is InChI=1S/C11H8ClF2N2O2PS/c12-7-19(20,17-10-5-1-3-8(13)15-10)18-11-6-2-4-9(14)16-11/h1-6H,7H2. The number of hydrogen-bond acceptors (Lipinski definition) is 5. The van der Waals surface area contributed by atoms with Crippen molar-refractivity contribution in [2.75, 3.05) is 5.62 Å². The van der Waals surface area contributed by atoms with Crippen molar-refractivity contribution in [1.82, 2.24) is 9.97 Å². The first-order chi connectivity index (χ1) is 9.50. The second-order valence-corrected chi connectivity index (χ2v) is 7.72. The summed E-state index contributed by atoms with van der Waals surface area (Å²) in [7, 11) is 0. The maximum absolute atomic E-state index is 13.0. The summed E-state index contributed by atoms with van der Waals surface area (Å²) >= 11 is 10.9. The van der Waals surface area contributed by atoms with Crippen molar-refractivity contribution < 1.29 is 17.8 Å². The Labute approximate surface area is 123 Å². The van der Waals surface area contributed by atoms with E-state index in [1.165, 1.54) is 24.3 Å². The van der Waals surface area contributed by atoms with E-state index in [0.29, 0.717) is 0 Å². The van der Waals surface area contributed by atoms with Crippen molar-refractivity contribution in [3.63, 3.8) is 0 Å². The lowest BCUT2D eigenvalue weighted by molar-refractivity contribution is 0.451. The van der Waals surface area contributed by atoms with E-state index in [1.54, 1.807) is 0 Å². The monoisotopic (exact) mass is 336 g/mol. The summed E-state index contributed by atoms with van der Waals surface area (Å²) in [5.74, 6) is -1.54. The number of rotatable bonds is 5. The van der Waals surface area contributed by atoms with Gasteiger partial charge in [0.1, 0.15) is 5.62 Å². The Morgan fingerprint density at radius 1 is 1.00 bits per heavy atom. The molecule has 20 heavy (non-hydrogen) atoms. The molecule has 0 bridgehead atoms. The molecular weight excluding hydrogens is 329 g/mol. The molecule has 0 aliphatic heterocycles. The van der Waals surface area contributed by atoms with Crippen LogP contribution < -0.4 is 9.05 Å². The van der Waals surface area contributed by atoms with Crippen molar-refractivity contribution in [2.24, 2.45) is 0 Å². The van der Waals surface area contributed by atoms with Crippen LogP contribution in [-0.2, 0) is 11.8 Å². The summed E-state index contributed by atoms with van der Waals surface area (Å²) in [6.07, 6.45) is 0. The molecule has 2 aromatic heterocycles. The molecule has 2 aromatic rings. The summed E-state index contributed by atoms with van der Waals surface area (Å²) in [5.41, 5.74) is -0.168. The molecule has 0 amide bonds. The van der Waals surface area contributed by atoms with E-state index < -0.39 is 18.4 Å². The molecule has 0 aliphatic rings. The molecule has 0 radical (unpaired) electrons. The molecule has 0 spiro atoms. The second kappa shape index (κ2) is 6.43. The van der Waals surface area contributed by atoms with Gasteiger partial charge in [0.25, 0.3) is 0 Å². The largest absolute Gasteiger partial charge is 0.416 e. The van der Waals surface area contributed by atoms with E-state index in [2.05, 4.69) is 9.97 Å². The number of alkyl halides is 1. The molecule has 0 saturated carbocycles. The minimum absolute atomic E-state index is 0.0506. The van der Waals surface area contributed by atoms with Crippen LogP contribution in [0.15, 0.2) is 36.4 Å². The third-order valence-corrected chi connectivity index (χ3v) is 5.42. The van der Waals surface area contributed by atoms with Crippen LogP contribution in [0, 0.1) is 11.9 Å². The van der Waals surface area contributed by atoms with E-state index in [0.717, 1.165) is 12.1 Å². The summed E-state index contributed by atoms with van der Waals surface area (Å²) < 4.78 is 36.6. The number of pyridine rings is 2. The van der Waals surface area contributed by atoms with E-state index in [-0.39, 0.29) is 17.4 Å². The number of nitrogens with zero attached hydrogens (tertiary/aromatic N) is 2. The smallest absolute Gasteiger partial charge is 0.305 e. The summed E-state index contributed by atoms with van der Waals surface area (Å²) in [6, 6.07) is 7.97. The van der Waals surface area contributed by atoms with Gasteiger partial charge in [-0.15, -0.1) is 11.6 Å². The molecule has 9 heteroatoms. The Bertz CT molecular complexity index is 610. The minimum Gasteiger partial charge on any atom is -0.416 e. The maximum Gasteiger partial charge on any atom is 0.305 e. The van der Waals surface area contributed by atoms with Gasteiger partial charge < -0.3 is 9.05 Å². The van der Waals surface area contributed by atoms with Crippen molar-refractivity contribution in [2.45, 2.75) is 0 Å². The Kier molecular flexibility index (Phi) is 4.86. The third kappa shape index (κ3) is 4.10. The van der Waals surface area contributed by atoms with Crippen molar-refractivity contribution in [3.05, 3.63) is 48.3 Å². The summed E-state index contributed by atoms with van der Waals surface area (Å²) in [6.45, 7) is -3.04. The molecule has 2 heterocycles. The van der Waals surface area contributed by atoms with Gasteiger partial charge in [-0.05, 0) is 23.9 Å². The zero-order valence-corrected chi connectivity index (χ0v) is 12.3. The van der Waals surface area contributed by atoms with Crippen LogP contribution in [0.4, 0.5) is 8.78 Å². The fourth-order valence-electron chi connectivity index (χ4n) is 1.23. The molecule has 0 aromatic carbocycles. The van der Waals surface area contributed by atoms with Crippen LogP contribution in [0.1, 0.15) is 0 Å². The van der Waals surface area contributed by atoms with Crippen molar-refractivity contribution in [3.8, 4) is 11.8 Å². The molecule has 0 atom stereocenters. The predicted octanol–water partition coefficient (Wildman–Crippen LogP) is 3.72. The Hall–Kier alpha value is -1.30. The Morgan fingerprint density at radius 3 is 1.80 bits per heavy atom. The average molecular weight is 337 g/mol. The van der Waals surface area contributed by atoms with Gasteiger partial charge in [0, 0.05) is 12.1 Å². The van der Waals surface area contributed by atoms with Crippen LogP contribution in [0.2, 0.25) is 0 Å². The summed E-state index contributed by atoms with van der Waals surface area (Å²) in [5, 5.41) is 0. The lowest BCUT2D eigenvalue weighted by atomic mass is 10.5. The first-order valence-corrected chi connectivity index (χ1v) is 8.66. The lowest BCUT2D eigenvalue weighted by Crippen LogP contribution is -2.04. The number of aromatic nitrogens is 2. The number of hydrogen-bond donors (Lipinski definition) is 0. The van der Waals surface area contributed by atoms with Gasteiger partial charge in [-0.1, -0.05) is 12.1 Å². The van der Waals surface area contributed by atoms with Crippen LogP contribution in [0.5, 0.6) is 11.8 Å². The molecule has 0 unspecified atom stereocenters. The molecule has 106 valence electrons. The Morgan fingerprint density at radius 2 is 1.45 bits per heavy atom. The van der Waals surface area contributed by atoms with E-state index in [4.69, 9.17) is 32.5 Å². The first-order valence-electron chi connectivity index (χ1n) is 5.30. The predicted molar refractivity (Wildman–Crippen MR) is 74.7 cm³/mol. The molecular formula is C11H8ClF2N2O2PS. The van der Waals surface area contributed by atoms with Crippen LogP contribution in [0.3, 0.4) is 0 Å². The third-order valence-electron chi connectivity index (χ3n) is 1.99. The fourth-order valence-corrected chi connectivity index (χ4v) is 2.89. The second-order valence-electron chi connectivity index (χ2n) is 3.51. The average Bonchev–Trinajstić information content (AvgIpc) is 2.38. The van der Waals surface area contributed by atoms with Gasteiger partial charge in [0.15, 0.2) is 0 Å². The lowest BCUT2D eigenvalue weighted by Gasteiger charge is -2.20. The molecule has 0 fully saturated rings. The van der Waals surface area contributed by atoms with Gasteiger partial charge >= 0.3 is 6.49 Å². The fraction of sp³-hybridized carbons (Fsp3) is 0.0909. The molecule has 0 N–H and O–H groups in total. The van der Waals surface area contributed by atoms with Crippen molar-refractivity contribution >= 4 is 29.9 Å². The van der Waals surface area contributed by atoms with Gasteiger partial charge in [-0.25, -0.2) is 0 Å². The highest BCUT2D eigenvalue weighted by Gasteiger charge is 2.23. The minimum atomic E-state index is -3.04. The van der Waals surface area contributed by atoms with Crippen LogP contribution in [0.25, 0.3) is 0 Å². The molecule has 4 nitrogen and oxygen atoms in total.